The van der Waals surface area contributed by atoms with Gasteiger partial charge in [0.15, 0.2) is 6.29 Å². The van der Waals surface area contributed by atoms with Crippen LogP contribution in [0.5, 0.6) is 0 Å². The molecule has 1 heterocycles. The van der Waals surface area contributed by atoms with Gasteiger partial charge >= 0.3 is 0 Å². The maximum absolute atomic E-state index is 9.12. The van der Waals surface area contributed by atoms with Crippen LogP contribution < -0.4 is 0 Å². The molecule has 1 fully saturated rings. The van der Waals surface area contributed by atoms with Gasteiger partial charge in [0.25, 0.3) is 0 Å². The summed E-state index contributed by atoms with van der Waals surface area (Å²) in [7, 11) is 1.54. The minimum atomic E-state index is -0.427. The van der Waals surface area contributed by atoms with Crippen molar-refractivity contribution >= 4 is 0 Å². The minimum absolute atomic E-state index is 0.390. The van der Waals surface area contributed by atoms with Crippen molar-refractivity contribution in [3.8, 4) is 0 Å². The Morgan fingerprint density at radius 2 is 2.44 bits per heavy atom. The molecule has 0 aliphatic carbocycles. The first kappa shape index (κ1) is 6.99. The molecule has 1 N–H and O–H groups in total. The highest BCUT2D eigenvalue weighted by Gasteiger charge is 2.22. The lowest BCUT2D eigenvalue weighted by Gasteiger charge is -2.26. The summed E-state index contributed by atoms with van der Waals surface area (Å²) in [5.41, 5.74) is 0. The van der Waals surface area contributed by atoms with Gasteiger partial charge < -0.3 is 14.6 Å². The number of rotatable bonds is 1. The van der Waals surface area contributed by atoms with E-state index < -0.39 is 12.4 Å². The summed E-state index contributed by atoms with van der Waals surface area (Å²) < 4.78 is 9.90. The SMILES string of the molecule is CO[C@H]1OCCC[C@H]1O. The molecule has 0 aromatic rings. The van der Waals surface area contributed by atoms with Crippen LogP contribution in [0.4, 0.5) is 0 Å². The molecule has 9 heavy (non-hydrogen) atoms. The highest BCUT2D eigenvalue weighted by Crippen LogP contribution is 2.13. The maximum atomic E-state index is 9.12. The molecule has 0 spiro atoms. The number of hydrogen-bond donors (Lipinski definition) is 1. The van der Waals surface area contributed by atoms with Gasteiger partial charge in [-0.2, -0.15) is 0 Å². The molecule has 1 saturated heterocycles. The maximum Gasteiger partial charge on any atom is 0.183 e. The average molecular weight is 132 g/mol. The molecule has 1 rings (SSSR count). The van der Waals surface area contributed by atoms with Crippen molar-refractivity contribution in [3.63, 3.8) is 0 Å². The number of aliphatic hydroxyl groups is 1. The van der Waals surface area contributed by atoms with E-state index in [-0.39, 0.29) is 0 Å². The van der Waals surface area contributed by atoms with E-state index in [1.54, 1.807) is 7.11 Å². The first-order chi connectivity index (χ1) is 4.34. The van der Waals surface area contributed by atoms with Gasteiger partial charge in [-0.25, -0.2) is 0 Å². The summed E-state index contributed by atoms with van der Waals surface area (Å²) in [5.74, 6) is 0. The molecular weight excluding hydrogens is 120 g/mol. The molecule has 0 amide bonds. The van der Waals surface area contributed by atoms with Crippen LogP contribution in [0.3, 0.4) is 0 Å². The van der Waals surface area contributed by atoms with E-state index >= 15 is 0 Å². The summed E-state index contributed by atoms with van der Waals surface area (Å²) in [4.78, 5) is 0. The first-order valence-electron chi connectivity index (χ1n) is 3.17. The van der Waals surface area contributed by atoms with Crippen molar-refractivity contribution in [1.29, 1.82) is 0 Å². The Labute approximate surface area is 54.6 Å². The molecule has 0 bridgehead atoms. The third-order valence-electron chi connectivity index (χ3n) is 1.47. The minimum Gasteiger partial charge on any atom is -0.388 e. The average Bonchev–Trinajstić information content (AvgIpc) is 1.89. The normalized spacial score (nSPS) is 36.7. The number of aliphatic hydroxyl groups excluding tert-OH is 1. The van der Waals surface area contributed by atoms with E-state index in [0.29, 0.717) is 6.61 Å². The lowest BCUT2D eigenvalue weighted by molar-refractivity contribution is -0.201. The van der Waals surface area contributed by atoms with Gasteiger partial charge in [-0.05, 0) is 12.8 Å². The Balaban J connectivity index is 2.30. The molecule has 0 aromatic carbocycles. The van der Waals surface area contributed by atoms with Crippen molar-refractivity contribution in [2.75, 3.05) is 13.7 Å². The summed E-state index contributed by atoms with van der Waals surface area (Å²) in [6.07, 6.45) is 0.905. The van der Waals surface area contributed by atoms with Gasteiger partial charge in [-0.3, -0.25) is 0 Å². The van der Waals surface area contributed by atoms with Crippen LogP contribution in [0.2, 0.25) is 0 Å². The monoisotopic (exact) mass is 132 g/mol. The fourth-order valence-electron chi connectivity index (χ4n) is 0.964. The Bertz CT molecular complexity index is 84.4. The predicted molar refractivity (Wildman–Crippen MR) is 32.0 cm³/mol. The predicted octanol–water partition coefficient (Wildman–Crippen LogP) is 0.130. The van der Waals surface area contributed by atoms with E-state index in [1.165, 1.54) is 0 Å². The molecule has 54 valence electrons. The summed E-state index contributed by atoms with van der Waals surface area (Å²) >= 11 is 0. The van der Waals surface area contributed by atoms with Gasteiger partial charge in [-0.1, -0.05) is 0 Å². The Morgan fingerprint density at radius 3 is 2.89 bits per heavy atom. The van der Waals surface area contributed by atoms with Gasteiger partial charge in [0.2, 0.25) is 0 Å². The molecule has 2 atom stereocenters. The molecule has 3 heteroatoms. The fraction of sp³-hybridized carbons (Fsp3) is 1.00. The quantitative estimate of drug-likeness (QED) is 0.551. The van der Waals surface area contributed by atoms with Crippen molar-refractivity contribution in [1.82, 2.24) is 0 Å². The summed E-state index contributed by atoms with van der Waals surface area (Å²) in [6.45, 7) is 0.704. The van der Waals surface area contributed by atoms with Crippen LogP contribution in [0.1, 0.15) is 12.8 Å². The second kappa shape index (κ2) is 3.15. The van der Waals surface area contributed by atoms with Gasteiger partial charge in [0.05, 0.1) is 0 Å². The van der Waals surface area contributed by atoms with Crippen molar-refractivity contribution in [2.45, 2.75) is 25.2 Å². The van der Waals surface area contributed by atoms with Gasteiger partial charge in [0.1, 0.15) is 6.10 Å². The largest absolute Gasteiger partial charge is 0.388 e. The molecule has 1 aliphatic rings. The van der Waals surface area contributed by atoms with E-state index in [4.69, 9.17) is 14.6 Å². The fourth-order valence-corrected chi connectivity index (χ4v) is 0.964. The standard InChI is InChI=1S/C6H12O3/c1-8-6-5(7)3-2-4-9-6/h5-7H,2-4H2,1H3/t5-,6+/m1/s1. The molecule has 0 saturated carbocycles. The van der Waals surface area contributed by atoms with Crippen LogP contribution in [0.25, 0.3) is 0 Å². The van der Waals surface area contributed by atoms with Crippen molar-refractivity contribution < 1.29 is 14.6 Å². The Kier molecular flexibility index (Phi) is 2.45. The number of ether oxygens (including phenoxy) is 2. The molecule has 0 aromatic heterocycles. The van der Waals surface area contributed by atoms with Crippen molar-refractivity contribution in [2.24, 2.45) is 0 Å². The molecular formula is C6H12O3. The van der Waals surface area contributed by atoms with Crippen LogP contribution in [-0.2, 0) is 9.47 Å². The van der Waals surface area contributed by atoms with E-state index in [2.05, 4.69) is 0 Å². The topological polar surface area (TPSA) is 38.7 Å². The van der Waals surface area contributed by atoms with Crippen LogP contribution >= 0.6 is 0 Å². The van der Waals surface area contributed by atoms with E-state index in [9.17, 15) is 0 Å². The second-order valence-corrected chi connectivity index (χ2v) is 2.18. The Morgan fingerprint density at radius 1 is 1.67 bits per heavy atom. The third-order valence-corrected chi connectivity index (χ3v) is 1.47. The van der Waals surface area contributed by atoms with Gasteiger partial charge in [0, 0.05) is 13.7 Å². The van der Waals surface area contributed by atoms with Crippen LogP contribution in [-0.4, -0.2) is 31.2 Å². The lowest BCUT2D eigenvalue weighted by atomic mass is 10.1. The Hall–Kier alpha value is -0.120. The highest BCUT2D eigenvalue weighted by molar-refractivity contribution is 4.64. The van der Waals surface area contributed by atoms with Gasteiger partial charge in [-0.15, -0.1) is 0 Å². The lowest BCUT2D eigenvalue weighted by Crippen LogP contribution is -2.35. The van der Waals surface area contributed by atoms with E-state index in [0.717, 1.165) is 12.8 Å². The zero-order valence-electron chi connectivity index (χ0n) is 5.54. The zero-order valence-corrected chi connectivity index (χ0v) is 5.54. The smallest absolute Gasteiger partial charge is 0.183 e. The molecule has 1 aliphatic heterocycles. The first-order valence-corrected chi connectivity index (χ1v) is 3.17. The molecule has 3 nitrogen and oxygen atoms in total. The molecule has 0 unspecified atom stereocenters. The van der Waals surface area contributed by atoms with Crippen LogP contribution in [0.15, 0.2) is 0 Å². The summed E-state index contributed by atoms with van der Waals surface area (Å²) in [6, 6.07) is 0. The third kappa shape index (κ3) is 1.64. The molecule has 0 radical (unpaired) electrons. The zero-order chi connectivity index (χ0) is 6.69. The van der Waals surface area contributed by atoms with E-state index in [1.807, 2.05) is 0 Å². The number of hydrogen-bond acceptors (Lipinski definition) is 3. The highest BCUT2D eigenvalue weighted by atomic mass is 16.7. The number of methoxy groups -OCH3 is 1. The summed E-state index contributed by atoms with van der Waals surface area (Å²) in [5, 5.41) is 9.12. The van der Waals surface area contributed by atoms with Crippen LogP contribution in [0, 0.1) is 0 Å². The second-order valence-electron chi connectivity index (χ2n) is 2.18. The van der Waals surface area contributed by atoms with Crippen molar-refractivity contribution in [3.05, 3.63) is 0 Å².